The van der Waals surface area contributed by atoms with Crippen LogP contribution in [0.2, 0.25) is 0 Å². The maximum atomic E-state index is 12.2. The number of urea groups is 1. The van der Waals surface area contributed by atoms with Gasteiger partial charge in [0.05, 0.1) is 12.6 Å². The Morgan fingerprint density at radius 2 is 1.96 bits per heavy atom. The van der Waals surface area contributed by atoms with Crippen molar-refractivity contribution in [3.8, 4) is 0 Å². The Kier molecular flexibility index (Phi) is 5.50. The quantitative estimate of drug-likeness (QED) is 0.877. The van der Waals surface area contributed by atoms with E-state index in [0.29, 0.717) is 6.54 Å². The first-order valence-corrected chi connectivity index (χ1v) is 8.60. The van der Waals surface area contributed by atoms with Crippen LogP contribution in [-0.4, -0.2) is 34.5 Å². The first-order chi connectivity index (χ1) is 12.1. The number of hydrogen-bond donors (Lipinski definition) is 2. The monoisotopic (exact) mass is 340 g/mol. The Hall–Kier alpha value is -2.60. The van der Waals surface area contributed by atoms with Crippen molar-refractivity contribution >= 4 is 11.9 Å². The molecule has 1 aromatic heterocycles. The van der Waals surface area contributed by atoms with Crippen LogP contribution in [0.15, 0.2) is 48.7 Å². The van der Waals surface area contributed by atoms with E-state index >= 15 is 0 Å². The van der Waals surface area contributed by atoms with Crippen LogP contribution in [-0.2, 0) is 18.4 Å². The van der Waals surface area contributed by atoms with Crippen LogP contribution >= 0.6 is 0 Å². The molecule has 1 aliphatic heterocycles. The van der Waals surface area contributed by atoms with Crippen LogP contribution in [0.4, 0.5) is 4.79 Å². The lowest BCUT2D eigenvalue weighted by atomic mass is 10.1. The van der Waals surface area contributed by atoms with Crippen LogP contribution in [0.5, 0.6) is 0 Å². The molecular formula is C19H24N4O2. The molecule has 2 heterocycles. The zero-order valence-electron chi connectivity index (χ0n) is 14.4. The van der Waals surface area contributed by atoms with E-state index in [2.05, 4.69) is 26.2 Å². The van der Waals surface area contributed by atoms with Gasteiger partial charge in [0.1, 0.15) is 0 Å². The summed E-state index contributed by atoms with van der Waals surface area (Å²) >= 11 is 0. The Bertz CT molecular complexity index is 726. The number of rotatable bonds is 5. The number of nitrogens with one attached hydrogen (secondary N) is 2. The highest BCUT2D eigenvalue weighted by atomic mass is 16.2. The minimum Gasteiger partial charge on any atom is -0.353 e. The van der Waals surface area contributed by atoms with Gasteiger partial charge in [0.25, 0.3) is 0 Å². The summed E-state index contributed by atoms with van der Waals surface area (Å²) in [7, 11) is 2.02. The third kappa shape index (κ3) is 4.48. The van der Waals surface area contributed by atoms with Gasteiger partial charge in [0.15, 0.2) is 0 Å². The van der Waals surface area contributed by atoms with E-state index in [9.17, 15) is 9.59 Å². The van der Waals surface area contributed by atoms with E-state index in [1.54, 1.807) is 0 Å². The smallest absolute Gasteiger partial charge is 0.321 e. The molecule has 3 amide bonds. The summed E-state index contributed by atoms with van der Waals surface area (Å²) in [6.07, 6.45) is 4.11. The van der Waals surface area contributed by atoms with Crippen molar-refractivity contribution in [3.05, 3.63) is 59.9 Å². The minimum absolute atomic E-state index is 0.231. The zero-order valence-corrected chi connectivity index (χ0v) is 14.4. The molecule has 6 heteroatoms. The van der Waals surface area contributed by atoms with Gasteiger partial charge in [-0.25, -0.2) is 4.79 Å². The standard InChI is InChI=1S/C19H24N4O2/c1-22-11-5-9-16(22)17-10-6-12-23(17)14-18(24)21-19(25)20-13-15-7-3-2-4-8-15/h2-5,7-9,11,17H,6,10,12-14H2,1H3,(H2,20,21,24,25)/t17-/m1/s1. The number of hydrogen-bond acceptors (Lipinski definition) is 3. The third-order valence-corrected chi connectivity index (χ3v) is 4.58. The number of carbonyl (C=O) groups is 2. The Morgan fingerprint density at radius 1 is 1.16 bits per heavy atom. The van der Waals surface area contributed by atoms with Gasteiger partial charge in [-0.3, -0.25) is 15.0 Å². The molecule has 0 unspecified atom stereocenters. The fraction of sp³-hybridized carbons (Fsp3) is 0.368. The summed E-state index contributed by atoms with van der Waals surface area (Å²) in [4.78, 5) is 26.2. The van der Waals surface area contributed by atoms with Crippen molar-refractivity contribution in [1.29, 1.82) is 0 Å². The molecule has 1 atom stereocenters. The molecule has 132 valence electrons. The van der Waals surface area contributed by atoms with Gasteiger partial charge in [-0.1, -0.05) is 30.3 Å². The molecule has 1 aromatic carbocycles. The van der Waals surface area contributed by atoms with Gasteiger partial charge in [-0.15, -0.1) is 0 Å². The normalized spacial score (nSPS) is 17.4. The van der Waals surface area contributed by atoms with E-state index in [0.717, 1.165) is 24.9 Å². The Labute approximate surface area is 147 Å². The number of imide groups is 1. The summed E-state index contributed by atoms with van der Waals surface area (Å²) in [5.41, 5.74) is 2.20. The predicted molar refractivity (Wildman–Crippen MR) is 95.8 cm³/mol. The molecule has 1 aliphatic rings. The van der Waals surface area contributed by atoms with Gasteiger partial charge in [0.2, 0.25) is 5.91 Å². The van der Waals surface area contributed by atoms with Crippen LogP contribution in [0.3, 0.4) is 0 Å². The number of amides is 3. The van der Waals surface area contributed by atoms with E-state index in [-0.39, 0.29) is 18.5 Å². The third-order valence-electron chi connectivity index (χ3n) is 4.58. The second kappa shape index (κ2) is 7.98. The number of benzene rings is 1. The van der Waals surface area contributed by atoms with E-state index in [1.807, 2.05) is 49.6 Å². The summed E-state index contributed by atoms with van der Waals surface area (Å²) < 4.78 is 2.09. The van der Waals surface area contributed by atoms with Gasteiger partial charge in [-0.2, -0.15) is 0 Å². The van der Waals surface area contributed by atoms with Crippen molar-refractivity contribution in [2.24, 2.45) is 7.05 Å². The molecule has 2 aromatic rings. The van der Waals surface area contributed by atoms with Gasteiger partial charge in [0, 0.05) is 25.5 Å². The molecule has 6 nitrogen and oxygen atoms in total. The lowest BCUT2D eigenvalue weighted by molar-refractivity contribution is -0.121. The van der Waals surface area contributed by atoms with Crippen molar-refractivity contribution in [2.45, 2.75) is 25.4 Å². The van der Waals surface area contributed by atoms with E-state index < -0.39 is 6.03 Å². The van der Waals surface area contributed by atoms with Crippen molar-refractivity contribution < 1.29 is 9.59 Å². The number of likely N-dealkylation sites (tertiary alicyclic amines) is 1. The summed E-state index contributed by atoms with van der Waals surface area (Å²) in [5.74, 6) is -0.272. The molecule has 0 bridgehead atoms. The molecule has 0 spiro atoms. The molecule has 2 N–H and O–H groups in total. The number of aromatic nitrogens is 1. The minimum atomic E-state index is -0.455. The van der Waals surface area contributed by atoms with Crippen LogP contribution < -0.4 is 10.6 Å². The fourth-order valence-electron chi connectivity index (χ4n) is 3.34. The average Bonchev–Trinajstić information content (AvgIpc) is 3.22. The summed E-state index contributed by atoms with van der Waals surface area (Å²) in [5, 5.41) is 5.13. The SMILES string of the molecule is Cn1cccc1[C@H]1CCCN1CC(=O)NC(=O)NCc1ccccc1. The number of carbonyl (C=O) groups excluding carboxylic acids is 2. The first kappa shape index (κ1) is 17.2. The van der Waals surface area contributed by atoms with Gasteiger partial charge >= 0.3 is 6.03 Å². The Morgan fingerprint density at radius 3 is 2.68 bits per heavy atom. The highest BCUT2D eigenvalue weighted by Crippen LogP contribution is 2.31. The van der Waals surface area contributed by atoms with Crippen molar-refractivity contribution in [1.82, 2.24) is 20.1 Å². The molecule has 1 fully saturated rings. The molecule has 25 heavy (non-hydrogen) atoms. The largest absolute Gasteiger partial charge is 0.353 e. The first-order valence-electron chi connectivity index (χ1n) is 8.60. The van der Waals surface area contributed by atoms with E-state index in [4.69, 9.17) is 0 Å². The van der Waals surface area contributed by atoms with Crippen molar-refractivity contribution in [2.75, 3.05) is 13.1 Å². The molecule has 1 saturated heterocycles. The molecule has 0 radical (unpaired) electrons. The predicted octanol–water partition coefficient (Wildman–Crippen LogP) is 2.19. The Balaban J connectivity index is 1.48. The molecule has 0 aliphatic carbocycles. The molecular weight excluding hydrogens is 316 g/mol. The zero-order chi connectivity index (χ0) is 17.6. The van der Waals surface area contributed by atoms with Crippen LogP contribution in [0.1, 0.15) is 30.1 Å². The van der Waals surface area contributed by atoms with Crippen molar-refractivity contribution in [3.63, 3.8) is 0 Å². The second-order valence-corrected chi connectivity index (χ2v) is 6.39. The highest BCUT2D eigenvalue weighted by molar-refractivity contribution is 5.95. The number of nitrogens with zero attached hydrogens (tertiary/aromatic N) is 2. The average molecular weight is 340 g/mol. The maximum Gasteiger partial charge on any atom is 0.321 e. The summed E-state index contributed by atoms with van der Waals surface area (Å²) in [6.45, 7) is 1.50. The van der Waals surface area contributed by atoms with Gasteiger partial charge < -0.3 is 9.88 Å². The highest BCUT2D eigenvalue weighted by Gasteiger charge is 2.29. The topological polar surface area (TPSA) is 66.4 Å². The lowest BCUT2D eigenvalue weighted by Crippen LogP contribution is -2.44. The fourth-order valence-corrected chi connectivity index (χ4v) is 3.34. The lowest BCUT2D eigenvalue weighted by Gasteiger charge is -2.24. The molecule has 0 saturated carbocycles. The van der Waals surface area contributed by atoms with Gasteiger partial charge in [-0.05, 0) is 37.1 Å². The van der Waals surface area contributed by atoms with Crippen LogP contribution in [0, 0.1) is 0 Å². The second-order valence-electron chi connectivity index (χ2n) is 6.39. The van der Waals surface area contributed by atoms with Crippen LogP contribution in [0.25, 0.3) is 0 Å². The maximum absolute atomic E-state index is 12.2. The van der Waals surface area contributed by atoms with E-state index in [1.165, 1.54) is 5.69 Å². The molecule has 3 rings (SSSR count). The summed E-state index contributed by atoms with van der Waals surface area (Å²) in [6, 6.07) is 13.5. The number of aryl methyl sites for hydroxylation is 1.